The number of aromatic nitrogens is 2. The van der Waals surface area contributed by atoms with Crippen molar-refractivity contribution in [2.45, 2.75) is 33.7 Å². The number of carboxylic acids is 1. The summed E-state index contributed by atoms with van der Waals surface area (Å²) in [5.41, 5.74) is 2.81. The summed E-state index contributed by atoms with van der Waals surface area (Å²) in [6.07, 6.45) is 1.77. The van der Waals surface area contributed by atoms with E-state index in [1.807, 2.05) is 37.8 Å². The van der Waals surface area contributed by atoms with Gasteiger partial charge in [-0.25, -0.2) is 4.98 Å². The second-order valence-electron chi connectivity index (χ2n) is 5.01. The molecule has 0 saturated carbocycles. The molecular formula is C15H19N3O3. The molecule has 112 valence electrons. The Hall–Kier alpha value is -2.37. The topological polar surface area (TPSA) is 79.5 Å². The maximum absolute atomic E-state index is 10.9. The number of anilines is 1. The second-order valence-corrected chi connectivity index (χ2v) is 5.01. The summed E-state index contributed by atoms with van der Waals surface area (Å²) in [6, 6.07) is 3.83. The first-order chi connectivity index (χ1) is 9.99. The Morgan fingerprint density at radius 2 is 2.14 bits per heavy atom. The minimum Gasteiger partial charge on any atom is -0.481 e. The zero-order valence-electron chi connectivity index (χ0n) is 12.5. The fraction of sp³-hybridized carbons (Fsp3) is 0.400. The van der Waals surface area contributed by atoms with Crippen molar-refractivity contribution in [1.29, 1.82) is 0 Å². The third kappa shape index (κ3) is 3.59. The molecule has 0 radical (unpaired) electrons. The number of carboxylic acid groups (broad SMARTS) is 1. The van der Waals surface area contributed by atoms with Crippen molar-refractivity contribution < 1.29 is 14.4 Å². The lowest BCUT2D eigenvalue weighted by molar-refractivity contribution is -0.136. The van der Waals surface area contributed by atoms with E-state index in [-0.39, 0.29) is 6.42 Å². The van der Waals surface area contributed by atoms with Crippen LogP contribution >= 0.6 is 0 Å². The predicted molar refractivity (Wildman–Crippen MR) is 78.3 cm³/mol. The van der Waals surface area contributed by atoms with E-state index < -0.39 is 5.97 Å². The van der Waals surface area contributed by atoms with Gasteiger partial charge in [0.2, 0.25) is 0 Å². The molecule has 21 heavy (non-hydrogen) atoms. The van der Waals surface area contributed by atoms with E-state index in [2.05, 4.69) is 10.1 Å². The van der Waals surface area contributed by atoms with E-state index in [1.54, 1.807) is 6.20 Å². The lowest BCUT2D eigenvalue weighted by atomic mass is 10.1. The molecule has 2 aromatic heterocycles. The Bertz CT molecular complexity index is 617. The fourth-order valence-corrected chi connectivity index (χ4v) is 2.22. The number of hydrogen-bond acceptors (Lipinski definition) is 5. The Morgan fingerprint density at radius 3 is 2.71 bits per heavy atom. The fourth-order valence-electron chi connectivity index (χ4n) is 2.22. The van der Waals surface area contributed by atoms with Crippen molar-refractivity contribution >= 4 is 11.8 Å². The van der Waals surface area contributed by atoms with Crippen LogP contribution in [0.4, 0.5) is 5.82 Å². The van der Waals surface area contributed by atoms with Crippen LogP contribution < -0.4 is 4.90 Å². The second kappa shape index (κ2) is 6.39. The van der Waals surface area contributed by atoms with Crippen LogP contribution in [0.5, 0.6) is 0 Å². The molecule has 0 atom stereocenters. The first-order valence-electron chi connectivity index (χ1n) is 6.79. The predicted octanol–water partition coefficient (Wildman–Crippen LogP) is 2.48. The van der Waals surface area contributed by atoms with Crippen LogP contribution in [0.15, 0.2) is 22.9 Å². The van der Waals surface area contributed by atoms with Gasteiger partial charge in [-0.05, 0) is 32.4 Å². The molecule has 0 aliphatic heterocycles. The zero-order chi connectivity index (χ0) is 15.4. The monoisotopic (exact) mass is 289 g/mol. The molecule has 0 aliphatic carbocycles. The Kier molecular flexibility index (Phi) is 4.57. The lowest BCUT2D eigenvalue weighted by Gasteiger charge is -2.24. The molecule has 0 aromatic carbocycles. The van der Waals surface area contributed by atoms with Crippen LogP contribution in [0.2, 0.25) is 0 Å². The van der Waals surface area contributed by atoms with Gasteiger partial charge in [-0.15, -0.1) is 0 Å². The standard InChI is InChI=1S/C15H19N3O3/c1-10-5-4-7-16-15(10)18(8-6-14(19)20)9-13-11(2)17-21-12(13)3/h4-5,7H,6,8-9H2,1-3H3,(H,19,20). The first kappa shape index (κ1) is 15.0. The molecule has 0 fully saturated rings. The van der Waals surface area contributed by atoms with Gasteiger partial charge >= 0.3 is 5.97 Å². The number of rotatable bonds is 6. The third-order valence-corrected chi connectivity index (χ3v) is 3.41. The molecule has 6 nitrogen and oxygen atoms in total. The lowest BCUT2D eigenvalue weighted by Crippen LogP contribution is -2.27. The van der Waals surface area contributed by atoms with Crippen molar-refractivity contribution in [3.63, 3.8) is 0 Å². The number of carbonyl (C=O) groups is 1. The van der Waals surface area contributed by atoms with Crippen molar-refractivity contribution in [1.82, 2.24) is 10.1 Å². The van der Waals surface area contributed by atoms with Crippen LogP contribution in [0, 0.1) is 20.8 Å². The van der Waals surface area contributed by atoms with Gasteiger partial charge in [0, 0.05) is 24.8 Å². The summed E-state index contributed by atoms with van der Waals surface area (Å²) in [5, 5.41) is 12.9. The van der Waals surface area contributed by atoms with E-state index in [9.17, 15) is 4.79 Å². The summed E-state index contributed by atoms with van der Waals surface area (Å²) in [4.78, 5) is 17.2. The molecule has 0 aliphatic rings. The number of pyridine rings is 1. The summed E-state index contributed by atoms with van der Waals surface area (Å²) in [6.45, 7) is 6.62. The average Bonchev–Trinajstić information content (AvgIpc) is 2.75. The molecule has 2 heterocycles. The van der Waals surface area contributed by atoms with Crippen molar-refractivity contribution in [3.8, 4) is 0 Å². The van der Waals surface area contributed by atoms with E-state index in [4.69, 9.17) is 9.63 Å². The SMILES string of the molecule is Cc1cccnc1N(CCC(=O)O)Cc1c(C)noc1C. The van der Waals surface area contributed by atoms with E-state index >= 15 is 0 Å². The Labute approximate surface area is 123 Å². The summed E-state index contributed by atoms with van der Waals surface area (Å²) in [5.74, 6) is 0.715. The number of nitrogens with zero attached hydrogens (tertiary/aromatic N) is 3. The van der Waals surface area contributed by atoms with E-state index in [0.717, 1.165) is 28.4 Å². The van der Waals surface area contributed by atoms with Gasteiger partial charge in [-0.2, -0.15) is 0 Å². The van der Waals surface area contributed by atoms with Crippen molar-refractivity contribution in [2.24, 2.45) is 0 Å². The van der Waals surface area contributed by atoms with Gasteiger partial charge in [0.05, 0.1) is 12.1 Å². The summed E-state index contributed by atoms with van der Waals surface area (Å²) in [7, 11) is 0. The largest absolute Gasteiger partial charge is 0.481 e. The Morgan fingerprint density at radius 1 is 1.38 bits per heavy atom. The van der Waals surface area contributed by atoms with Gasteiger partial charge in [0.25, 0.3) is 0 Å². The number of aryl methyl sites for hydroxylation is 3. The molecule has 0 amide bonds. The zero-order valence-corrected chi connectivity index (χ0v) is 12.5. The van der Waals surface area contributed by atoms with E-state index in [1.165, 1.54) is 0 Å². The maximum atomic E-state index is 10.9. The first-order valence-corrected chi connectivity index (χ1v) is 6.79. The molecule has 2 rings (SSSR count). The van der Waals surface area contributed by atoms with Crippen LogP contribution in [0.3, 0.4) is 0 Å². The molecule has 0 spiro atoms. The van der Waals surface area contributed by atoms with Crippen molar-refractivity contribution in [3.05, 3.63) is 40.9 Å². The highest BCUT2D eigenvalue weighted by atomic mass is 16.5. The highest BCUT2D eigenvalue weighted by Crippen LogP contribution is 2.22. The minimum absolute atomic E-state index is 0.0549. The highest BCUT2D eigenvalue weighted by Gasteiger charge is 2.17. The summed E-state index contributed by atoms with van der Waals surface area (Å²) >= 11 is 0. The van der Waals surface area contributed by atoms with Crippen LogP contribution in [0.25, 0.3) is 0 Å². The minimum atomic E-state index is -0.827. The molecule has 1 N–H and O–H groups in total. The van der Waals surface area contributed by atoms with Gasteiger partial charge in [-0.1, -0.05) is 11.2 Å². The normalized spacial score (nSPS) is 10.6. The van der Waals surface area contributed by atoms with E-state index in [0.29, 0.717) is 13.1 Å². The molecule has 6 heteroatoms. The molecule has 2 aromatic rings. The average molecular weight is 289 g/mol. The van der Waals surface area contributed by atoms with Crippen LogP contribution in [0.1, 0.15) is 29.0 Å². The van der Waals surface area contributed by atoms with Gasteiger partial charge < -0.3 is 14.5 Å². The smallest absolute Gasteiger partial charge is 0.305 e. The molecule has 0 bridgehead atoms. The maximum Gasteiger partial charge on any atom is 0.305 e. The van der Waals surface area contributed by atoms with Gasteiger partial charge in [0.15, 0.2) is 0 Å². The quantitative estimate of drug-likeness (QED) is 0.880. The number of aliphatic carboxylic acids is 1. The van der Waals surface area contributed by atoms with Crippen LogP contribution in [-0.4, -0.2) is 27.8 Å². The third-order valence-electron chi connectivity index (χ3n) is 3.41. The van der Waals surface area contributed by atoms with Crippen molar-refractivity contribution in [2.75, 3.05) is 11.4 Å². The number of hydrogen-bond donors (Lipinski definition) is 1. The van der Waals surface area contributed by atoms with Gasteiger partial charge in [0.1, 0.15) is 11.6 Å². The Balaban J connectivity index is 2.28. The molecule has 0 unspecified atom stereocenters. The highest BCUT2D eigenvalue weighted by molar-refractivity contribution is 5.67. The molecular weight excluding hydrogens is 270 g/mol. The summed E-state index contributed by atoms with van der Waals surface area (Å²) < 4.78 is 5.17. The van der Waals surface area contributed by atoms with Gasteiger partial charge in [-0.3, -0.25) is 4.79 Å². The molecule has 0 saturated heterocycles. The van der Waals surface area contributed by atoms with Crippen LogP contribution in [-0.2, 0) is 11.3 Å².